The fourth-order valence-corrected chi connectivity index (χ4v) is 5.06. The molecule has 9 nitrogen and oxygen atoms in total. The van der Waals surface area contributed by atoms with Crippen molar-refractivity contribution in [1.82, 2.24) is 10.2 Å². The quantitative estimate of drug-likeness (QED) is 0.361. The van der Waals surface area contributed by atoms with E-state index in [9.17, 15) is 14.4 Å². The second kappa shape index (κ2) is 10.2. The number of Topliss-reactive ketones (excluding diaryl/α,β-unsaturated/α-hetero) is 1. The summed E-state index contributed by atoms with van der Waals surface area (Å²) in [5, 5.41) is 6.39. The summed E-state index contributed by atoms with van der Waals surface area (Å²) in [4.78, 5) is 42.5. The number of fused-ring (bicyclic) bond motifs is 3. The zero-order valence-corrected chi connectivity index (χ0v) is 20.0. The Hall–Kier alpha value is -3.84. The normalized spacial score (nSPS) is 19.5. The number of likely N-dealkylation sites (tertiary alicyclic amines) is 1. The van der Waals surface area contributed by atoms with E-state index in [1.54, 1.807) is 0 Å². The summed E-state index contributed by atoms with van der Waals surface area (Å²) in [7, 11) is 0. The van der Waals surface area contributed by atoms with Crippen LogP contribution in [0.25, 0.3) is 21.6 Å². The van der Waals surface area contributed by atoms with Crippen molar-refractivity contribution in [2.45, 2.75) is 51.2 Å². The number of benzene rings is 2. The Morgan fingerprint density at radius 1 is 1.11 bits per heavy atom. The van der Waals surface area contributed by atoms with Crippen LogP contribution in [0.3, 0.4) is 0 Å². The molecule has 2 aliphatic rings. The van der Waals surface area contributed by atoms with Gasteiger partial charge in [0.2, 0.25) is 5.91 Å². The number of azide groups is 1. The van der Waals surface area contributed by atoms with Crippen LogP contribution in [-0.2, 0) is 14.3 Å². The molecule has 0 bridgehead atoms. The highest BCUT2D eigenvalue weighted by atomic mass is 16.5. The molecule has 1 heterocycles. The number of ether oxygens (including phenoxy) is 1. The van der Waals surface area contributed by atoms with Crippen molar-refractivity contribution in [3.8, 4) is 11.1 Å². The molecular weight excluding hydrogens is 446 g/mol. The third-order valence-electron chi connectivity index (χ3n) is 6.80. The Labute approximate surface area is 204 Å². The predicted molar refractivity (Wildman–Crippen MR) is 131 cm³/mol. The molecule has 0 saturated carbocycles. The van der Waals surface area contributed by atoms with Gasteiger partial charge in [0.05, 0.1) is 12.1 Å². The standard InChI is InChI=1S/C26H29N5O4/c1-15(2)24(25(33)31-13-17(29-30-27)12-23(31)16(3)32)28-26(34)35-14-22-20-10-6-4-8-18(20)19-9-5-7-11-21(19)22/h4-11,15,17,22-24H,12-14H2,1-3H3,(H,28,34)/t17-,23-,24-/m0/s1. The molecule has 0 spiro atoms. The lowest BCUT2D eigenvalue weighted by Gasteiger charge is -2.30. The number of ketones is 1. The van der Waals surface area contributed by atoms with Crippen molar-refractivity contribution >= 4 is 17.8 Å². The van der Waals surface area contributed by atoms with E-state index >= 15 is 0 Å². The SMILES string of the molecule is CC(=O)[C@@H]1C[C@H](N=[N+]=[N-])CN1C(=O)[C@@H](NC(=O)OCC1c2ccccc2-c2ccccc21)C(C)C. The molecule has 0 radical (unpaired) electrons. The Morgan fingerprint density at radius 2 is 1.71 bits per heavy atom. The van der Waals surface area contributed by atoms with E-state index in [0.717, 1.165) is 22.3 Å². The van der Waals surface area contributed by atoms with Crippen LogP contribution in [0.4, 0.5) is 4.79 Å². The maximum atomic E-state index is 13.3. The molecule has 1 N–H and O–H groups in total. The van der Waals surface area contributed by atoms with E-state index in [4.69, 9.17) is 10.3 Å². The van der Waals surface area contributed by atoms with Crippen LogP contribution in [0.15, 0.2) is 53.6 Å². The smallest absolute Gasteiger partial charge is 0.407 e. The van der Waals surface area contributed by atoms with Crippen LogP contribution >= 0.6 is 0 Å². The van der Waals surface area contributed by atoms with Gasteiger partial charge in [0.25, 0.3) is 0 Å². The zero-order chi connectivity index (χ0) is 25.1. The van der Waals surface area contributed by atoms with Crippen molar-refractivity contribution in [1.29, 1.82) is 0 Å². The molecule has 2 aromatic carbocycles. The first kappa shape index (κ1) is 24.3. The van der Waals surface area contributed by atoms with Gasteiger partial charge < -0.3 is 15.0 Å². The van der Waals surface area contributed by atoms with Crippen molar-refractivity contribution < 1.29 is 19.1 Å². The minimum atomic E-state index is -0.877. The highest BCUT2D eigenvalue weighted by molar-refractivity contribution is 5.92. The monoisotopic (exact) mass is 475 g/mol. The second-order valence-electron chi connectivity index (χ2n) is 9.40. The molecule has 182 valence electrons. The number of rotatable bonds is 7. The number of carbonyl (C=O) groups is 3. The largest absolute Gasteiger partial charge is 0.449 e. The predicted octanol–water partition coefficient (Wildman–Crippen LogP) is 4.42. The van der Waals surface area contributed by atoms with Gasteiger partial charge in [-0.3, -0.25) is 9.59 Å². The van der Waals surface area contributed by atoms with Crippen LogP contribution in [0.5, 0.6) is 0 Å². The molecule has 1 saturated heterocycles. The first-order chi connectivity index (χ1) is 16.8. The van der Waals surface area contributed by atoms with Crippen LogP contribution in [0, 0.1) is 5.92 Å². The molecule has 0 aromatic heterocycles. The van der Waals surface area contributed by atoms with Gasteiger partial charge in [-0.05, 0) is 47.0 Å². The highest BCUT2D eigenvalue weighted by Gasteiger charge is 2.41. The Bertz CT molecular complexity index is 1140. The molecule has 3 atom stereocenters. The summed E-state index contributed by atoms with van der Waals surface area (Å²) in [6, 6.07) is 14.1. The molecule has 1 fully saturated rings. The molecule has 2 amide bonds. The molecule has 0 unspecified atom stereocenters. The summed E-state index contributed by atoms with van der Waals surface area (Å²) in [6.07, 6.45) is -0.412. The van der Waals surface area contributed by atoms with E-state index in [-0.39, 0.29) is 43.1 Å². The summed E-state index contributed by atoms with van der Waals surface area (Å²) < 4.78 is 5.61. The minimum absolute atomic E-state index is 0.0911. The Balaban J connectivity index is 1.45. The minimum Gasteiger partial charge on any atom is -0.449 e. The van der Waals surface area contributed by atoms with E-state index in [1.165, 1.54) is 11.8 Å². The molecular formula is C26H29N5O4. The molecule has 9 heteroatoms. The third-order valence-corrected chi connectivity index (χ3v) is 6.80. The van der Waals surface area contributed by atoms with Gasteiger partial charge in [-0.1, -0.05) is 67.5 Å². The summed E-state index contributed by atoms with van der Waals surface area (Å²) in [5.41, 5.74) is 13.2. The van der Waals surface area contributed by atoms with Gasteiger partial charge in [-0.2, -0.15) is 0 Å². The second-order valence-corrected chi connectivity index (χ2v) is 9.40. The van der Waals surface area contributed by atoms with Crippen LogP contribution in [0.1, 0.15) is 44.2 Å². The maximum absolute atomic E-state index is 13.3. The number of hydrogen-bond acceptors (Lipinski definition) is 5. The van der Waals surface area contributed by atoms with Crippen molar-refractivity contribution in [2.24, 2.45) is 11.0 Å². The van der Waals surface area contributed by atoms with Crippen molar-refractivity contribution in [2.75, 3.05) is 13.2 Å². The van der Waals surface area contributed by atoms with E-state index < -0.39 is 24.2 Å². The maximum Gasteiger partial charge on any atom is 0.407 e. The van der Waals surface area contributed by atoms with Gasteiger partial charge >= 0.3 is 6.09 Å². The molecule has 1 aliphatic heterocycles. The number of nitrogens with zero attached hydrogens (tertiary/aromatic N) is 4. The molecule has 1 aliphatic carbocycles. The fourth-order valence-electron chi connectivity index (χ4n) is 5.06. The van der Waals surface area contributed by atoms with Gasteiger partial charge in [-0.15, -0.1) is 0 Å². The number of amides is 2. The fraction of sp³-hybridized carbons (Fsp3) is 0.423. The molecule has 4 rings (SSSR count). The Morgan fingerprint density at radius 3 is 2.26 bits per heavy atom. The lowest BCUT2D eigenvalue weighted by atomic mass is 9.98. The third kappa shape index (κ3) is 4.86. The first-order valence-electron chi connectivity index (χ1n) is 11.8. The lowest BCUT2D eigenvalue weighted by molar-refractivity contribution is -0.139. The average Bonchev–Trinajstić information content (AvgIpc) is 3.40. The van der Waals surface area contributed by atoms with E-state index in [1.807, 2.05) is 50.2 Å². The summed E-state index contributed by atoms with van der Waals surface area (Å²) >= 11 is 0. The van der Waals surface area contributed by atoms with Crippen LogP contribution in [-0.4, -0.2) is 54.0 Å². The topological polar surface area (TPSA) is 124 Å². The van der Waals surface area contributed by atoms with Crippen molar-refractivity contribution in [3.63, 3.8) is 0 Å². The number of nitrogens with one attached hydrogen (secondary N) is 1. The molecule has 2 aromatic rings. The van der Waals surface area contributed by atoms with Crippen LogP contribution < -0.4 is 5.32 Å². The number of carbonyl (C=O) groups excluding carboxylic acids is 3. The van der Waals surface area contributed by atoms with Gasteiger partial charge in [0.1, 0.15) is 12.6 Å². The number of alkyl carbamates (subject to hydrolysis) is 1. The summed E-state index contributed by atoms with van der Waals surface area (Å²) in [6.45, 7) is 5.32. The van der Waals surface area contributed by atoms with Gasteiger partial charge in [0, 0.05) is 17.4 Å². The van der Waals surface area contributed by atoms with E-state index in [0.29, 0.717) is 0 Å². The first-order valence-corrected chi connectivity index (χ1v) is 11.8. The van der Waals surface area contributed by atoms with Gasteiger partial charge in [0.15, 0.2) is 5.78 Å². The van der Waals surface area contributed by atoms with Crippen molar-refractivity contribution in [3.05, 3.63) is 70.1 Å². The van der Waals surface area contributed by atoms with Crippen LogP contribution in [0.2, 0.25) is 0 Å². The van der Waals surface area contributed by atoms with Gasteiger partial charge in [-0.25, -0.2) is 4.79 Å². The van der Waals surface area contributed by atoms with E-state index in [2.05, 4.69) is 27.5 Å². The molecule has 35 heavy (non-hydrogen) atoms. The Kier molecular flexibility index (Phi) is 7.07. The average molecular weight is 476 g/mol. The summed E-state index contributed by atoms with van der Waals surface area (Å²) in [5.74, 6) is -0.900. The highest BCUT2D eigenvalue weighted by Crippen LogP contribution is 2.44. The lowest BCUT2D eigenvalue weighted by Crippen LogP contribution is -2.53. The zero-order valence-electron chi connectivity index (χ0n) is 20.0. The number of hydrogen-bond donors (Lipinski definition) is 1.